The molecule has 22 heavy (non-hydrogen) atoms. The molecule has 0 N–H and O–H groups in total. The van der Waals surface area contributed by atoms with Crippen molar-refractivity contribution in [3.05, 3.63) is 56.9 Å². The molecule has 0 atom stereocenters. The van der Waals surface area contributed by atoms with Crippen molar-refractivity contribution in [1.29, 1.82) is 0 Å². The second kappa shape index (κ2) is 5.71. The molecule has 112 valence electrons. The summed E-state index contributed by atoms with van der Waals surface area (Å²) in [6, 6.07) is 8.58. The van der Waals surface area contributed by atoms with Crippen LogP contribution < -0.4 is 5.56 Å². The molecule has 0 bridgehead atoms. The van der Waals surface area contributed by atoms with E-state index in [0.29, 0.717) is 32.5 Å². The maximum Gasteiger partial charge on any atom is 0.279 e. The van der Waals surface area contributed by atoms with Gasteiger partial charge in [-0.3, -0.25) is 9.36 Å². The third-order valence-electron chi connectivity index (χ3n) is 3.35. The number of hydrogen-bond acceptors (Lipinski definition) is 3. The molecule has 4 nitrogen and oxygen atoms in total. The average molecular weight is 334 g/mol. The van der Waals surface area contributed by atoms with Gasteiger partial charge in [-0.15, -0.1) is 0 Å². The first-order valence-corrected chi connectivity index (χ1v) is 7.57. The monoisotopic (exact) mass is 333 g/mol. The Labute approximate surface area is 137 Å². The Balaban J connectivity index is 2.40. The Bertz CT molecular complexity index is 919. The van der Waals surface area contributed by atoms with Crippen LogP contribution in [0, 0.1) is 0 Å². The topological polar surface area (TPSA) is 47.8 Å². The molecule has 2 aromatic heterocycles. The molecule has 0 aliphatic heterocycles. The smallest absolute Gasteiger partial charge is 0.279 e. The summed E-state index contributed by atoms with van der Waals surface area (Å²) in [7, 11) is 0. The maximum absolute atomic E-state index is 12.8. The summed E-state index contributed by atoms with van der Waals surface area (Å²) in [6.45, 7) is 3.87. The fourth-order valence-electron chi connectivity index (χ4n) is 2.38. The number of halogens is 2. The van der Waals surface area contributed by atoms with Crippen molar-refractivity contribution < 1.29 is 0 Å². The Hall–Kier alpha value is -1.91. The first-order valence-electron chi connectivity index (χ1n) is 6.81. The molecule has 0 fully saturated rings. The number of aromatic nitrogens is 3. The Morgan fingerprint density at radius 3 is 2.64 bits per heavy atom. The van der Waals surface area contributed by atoms with Gasteiger partial charge in [0.25, 0.3) is 5.56 Å². The third-order valence-corrected chi connectivity index (χ3v) is 3.90. The zero-order valence-corrected chi connectivity index (χ0v) is 13.6. The molecule has 2 heterocycles. The highest BCUT2D eigenvalue weighted by Gasteiger charge is 2.17. The molecule has 0 spiro atoms. The highest BCUT2D eigenvalue weighted by molar-refractivity contribution is 6.36. The first kappa shape index (κ1) is 15.0. The van der Waals surface area contributed by atoms with Crippen LogP contribution in [0.3, 0.4) is 0 Å². The predicted octanol–water partition coefficient (Wildman–Crippen LogP) is 4.35. The van der Waals surface area contributed by atoms with E-state index < -0.39 is 0 Å². The number of pyridine rings is 1. The fourth-order valence-corrected chi connectivity index (χ4v) is 2.87. The Kier molecular flexibility index (Phi) is 3.89. The number of rotatable bonds is 2. The molecular formula is C16H13Cl2N3O. The molecule has 0 aliphatic rings. The van der Waals surface area contributed by atoms with E-state index in [1.165, 1.54) is 0 Å². The lowest BCUT2D eigenvalue weighted by Crippen LogP contribution is -2.26. The SMILES string of the molecule is CC(C)n1c(=O)c(-c2ccc(Cl)cc2Cl)nc2cccnc21. The summed E-state index contributed by atoms with van der Waals surface area (Å²) in [5, 5.41) is 0.913. The molecular weight excluding hydrogens is 321 g/mol. The van der Waals surface area contributed by atoms with Crippen molar-refractivity contribution in [2.45, 2.75) is 19.9 Å². The largest absolute Gasteiger partial charge is 0.287 e. The molecule has 3 rings (SSSR count). The summed E-state index contributed by atoms with van der Waals surface area (Å²) in [5.74, 6) is 0. The van der Waals surface area contributed by atoms with Gasteiger partial charge in [0.1, 0.15) is 11.2 Å². The Morgan fingerprint density at radius 2 is 1.95 bits per heavy atom. The minimum absolute atomic E-state index is 0.0438. The first-order chi connectivity index (χ1) is 10.5. The Morgan fingerprint density at radius 1 is 1.18 bits per heavy atom. The zero-order chi connectivity index (χ0) is 15.9. The van der Waals surface area contributed by atoms with E-state index in [2.05, 4.69) is 9.97 Å². The van der Waals surface area contributed by atoms with Crippen LogP contribution in [-0.4, -0.2) is 14.5 Å². The lowest BCUT2D eigenvalue weighted by molar-refractivity contribution is 0.594. The van der Waals surface area contributed by atoms with Crippen molar-refractivity contribution >= 4 is 34.4 Å². The molecule has 6 heteroatoms. The summed E-state index contributed by atoms with van der Waals surface area (Å²) in [4.78, 5) is 21.6. The summed E-state index contributed by atoms with van der Waals surface area (Å²) >= 11 is 12.2. The highest BCUT2D eigenvalue weighted by atomic mass is 35.5. The summed E-state index contributed by atoms with van der Waals surface area (Å²) in [6.07, 6.45) is 1.65. The summed E-state index contributed by atoms with van der Waals surface area (Å²) in [5.41, 5.74) is 1.87. The lowest BCUT2D eigenvalue weighted by atomic mass is 10.1. The number of benzene rings is 1. The molecule has 0 radical (unpaired) electrons. The normalized spacial score (nSPS) is 11.3. The van der Waals surface area contributed by atoms with Crippen molar-refractivity contribution in [2.75, 3.05) is 0 Å². The minimum atomic E-state index is -0.217. The van der Waals surface area contributed by atoms with E-state index in [-0.39, 0.29) is 11.6 Å². The van der Waals surface area contributed by atoms with E-state index in [1.807, 2.05) is 19.9 Å². The van der Waals surface area contributed by atoms with Gasteiger partial charge in [0, 0.05) is 22.8 Å². The van der Waals surface area contributed by atoms with Crippen LogP contribution in [0.1, 0.15) is 19.9 Å². The third kappa shape index (κ3) is 2.49. The van der Waals surface area contributed by atoms with Gasteiger partial charge in [0.15, 0.2) is 5.65 Å². The van der Waals surface area contributed by atoms with Crippen molar-refractivity contribution in [1.82, 2.24) is 14.5 Å². The quantitative estimate of drug-likeness (QED) is 0.700. The highest BCUT2D eigenvalue weighted by Crippen LogP contribution is 2.28. The molecule has 0 aliphatic carbocycles. The number of fused-ring (bicyclic) bond motifs is 1. The average Bonchev–Trinajstić information content (AvgIpc) is 2.46. The summed E-state index contributed by atoms with van der Waals surface area (Å²) < 4.78 is 1.63. The van der Waals surface area contributed by atoms with Gasteiger partial charge in [-0.1, -0.05) is 23.2 Å². The maximum atomic E-state index is 12.8. The van der Waals surface area contributed by atoms with Gasteiger partial charge >= 0.3 is 0 Å². The van der Waals surface area contributed by atoms with E-state index in [9.17, 15) is 4.79 Å². The number of hydrogen-bond donors (Lipinski definition) is 0. The molecule has 0 unspecified atom stereocenters. The molecule has 0 saturated carbocycles. The van der Waals surface area contributed by atoms with Gasteiger partial charge in [-0.05, 0) is 44.2 Å². The lowest BCUT2D eigenvalue weighted by Gasteiger charge is -2.15. The van der Waals surface area contributed by atoms with Crippen LogP contribution in [0.25, 0.3) is 22.4 Å². The molecule has 1 aromatic carbocycles. The van der Waals surface area contributed by atoms with Crippen LogP contribution in [0.4, 0.5) is 0 Å². The van der Waals surface area contributed by atoms with Gasteiger partial charge in [-0.2, -0.15) is 0 Å². The standard InChI is InChI=1S/C16H13Cl2N3O/c1-9(2)21-15-13(4-3-7-19-15)20-14(16(21)22)11-6-5-10(17)8-12(11)18/h3-9H,1-2H3. The number of nitrogens with zero attached hydrogens (tertiary/aromatic N) is 3. The van der Waals surface area contributed by atoms with Crippen molar-refractivity contribution in [2.24, 2.45) is 0 Å². The van der Waals surface area contributed by atoms with E-state index in [0.717, 1.165) is 0 Å². The second-order valence-electron chi connectivity index (χ2n) is 5.20. The van der Waals surface area contributed by atoms with Crippen molar-refractivity contribution in [3.63, 3.8) is 0 Å². The van der Waals surface area contributed by atoms with E-state index in [4.69, 9.17) is 23.2 Å². The van der Waals surface area contributed by atoms with Gasteiger partial charge < -0.3 is 0 Å². The molecule has 3 aromatic rings. The molecule has 0 saturated heterocycles. The predicted molar refractivity (Wildman–Crippen MR) is 89.6 cm³/mol. The van der Waals surface area contributed by atoms with Gasteiger partial charge in [0.05, 0.1) is 5.02 Å². The van der Waals surface area contributed by atoms with Gasteiger partial charge in [0.2, 0.25) is 0 Å². The van der Waals surface area contributed by atoms with Crippen LogP contribution in [0.5, 0.6) is 0 Å². The second-order valence-corrected chi connectivity index (χ2v) is 6.04. The zero-order valence-electron chi connectivity index (χ0n) is 12.0. The van der Waals surface area contributed by atoms with E-state index >= 15 is 0 Å². The van der Waals surface area contributed by atoms with Crippen LogP contribution in [-0.2, 0) is 0 Å². The van der Waals surface area contributed by atoms with E-state index in [1.54, 1.807) is 35.0 Å². The van der Waals surface area contributed by atoms with Crippen LogP contribution in [0.15, 0.2) is 41.3 Å². The van der Waals surface area contributed by atoms with Gasteiger partial charge in [-0.25, -0.2) is 9.97 Å². The minimum Gasteiger partial charge on any atom is -0.287 e. The fraction of sp³-hybridized carbons (Fsp3) is 0.188. The van der Waals surface area contributed by atoms with Crippen molar-refractivity contribution in [3.8, 4) is 11.3 Å². The van der Waals surface area contributed by atoms with Crippen LogP contribution >= 0.6 is 23.2 Å². The van der Waals surface area contributed by atoms with Crippen LogP contribution in [0.2, 0.25) is 10.0 Å². The molecule has 0 amide bonds.